The lowest BCUT2D eigenvalue weighted by molar-refractivity contribution is -0.140. The maximum Gasteiger partial charge on any atom is 0.433 e. The van der Waals surface area contributed by atoms with Crippen LogP contribution in [0.5, 0.6) is 5.75 Å². The number of furan rings is 1. The minimum Gasteiger partial charge on any atom is -0.485 e. The van der Waals surface area contributed by atoms with Crippen molar-refractivity contribution in [2.45, 2.75) is 26.6 Å². The Morgan fingerprint density at radius 1 is 1.05 bits per heavy atom. The van der Waals surface area contributed by atoms with E-state index in [2.05, 4.69) is 10.3 Å². The molecule has 204 valence electrons. The third-order valence-corrected chi connectivity index (χ3v) is 7.22. The third-order valence-electron chi connectivity index (χ3n) is 6.13. The molecule has 0 bridgehead atoms. The summed E-state index contributed by atoms with van der Waals surface area (Å²) in [7, 11) is 0. The second kappa shape index (κ2) is 10.5. The molecule has 0 unspecified atom stereocenters. The van der Waals surface area contributed by atoms with E-state index in [4.69, 9.17) is 14.9 Å². The number of fused-ring (bicyclic) bond motifs is 1. The fourth-order valence-electron chi connectivity index (χ4n) is 4.12. The lowest BCUT2D eigenvalue weighted by Crippen LogP contribution is -2.16. The molecular formula is C29H22F3N3O4S. The van der Waals surface area contributed by atoms with Gasteiger partial charge < -0.3 is 20.2 Å². The van der Waals surface area contributed by atoms with Crippen LogP contribution in [0.1, 0.15) is 42.8 Å². The van der Waals surface area contributed by atoms with Gasteiger partial charge in [0, 0.05) is 5.39 Å². The Morgan fingerprint density at radius 2 is 1.77 bits per heavy atom. The number of aromatic nitrogens is 1. The molecule has 0 fully saturated rings. The van der Waals surface area contributed by atoms with Gasteiger partial charge in [-0.15, -0.1) is 11.3 Å². The predicted molar refractivity (Wildman–Crippen MR) is 145 cm³/mol. The largest absolute Gasteiger partial charge is 0.485 e. The van der Waals surface area contributed by atoms with Crippen molar-refractivity contribution in [1.82, 2.24) is 4.98 Å². The van der Waals surface area contributed by atoms with Gasteiger partial charge in [-0.05, 0) is 54.8 Å². The number of ether oxygens (including phenoxy) is 1. The number of carbonyl (C=O) groups is 2. The van der Waals surface area contributed by atoms with Crippen LogP contribution in [0, 0.1) is 13.8 Å². The highest BCUT2D eigenvalue weighted by Gasteiger charge is 2.35. The number of primary amides is 1. The van der Waals surface area contributed by atoms with Gasteiger partial charge in [-0.25, -0.2) is 4.98 Å². The number of hydrogen-bond donors (Lipinski definition) is 2. The van der Waals surface area contributed by atoms with Gasteiger partial charge in [0.15, 0.2) is 5.76 Å². The fourth-order valence-corrected chi connectivity index (χ4v) is 5.12. The van der Waals surface area contributed by atoms with Crippen LogP contribution in [0.3, 0.4) is 0 Å². The zero-order valence-electron chi connectivity index (χ0n) is 21.3. The Morgan fingerprint density at radius 3 is 2.45 bits per heavy atom. The zero-order chi connectivity index (χ0) is 28.6. The van der Waals surface area contributed by atoms with E-state index in [0.29, 0.717) is 28.4 Å². The average Bonchev–Trinajstić information content (AvgIpc) is 3.53. The summed E-state index contributed by atoms with van der Waals surface area (Å²) in [5.74, 6) is -0.701. The fraction of sp³-hybridized carbons (Fsp3) is 0.138. The van der Waals surface area contributed by atoms with Crippen molar-refractivity contribution < 1.29 is 31.9 Å². The first-order valence-electron chi connectivity index (χ1n) is 12.0. The van der Waals surface area contributed by atoms with Gasteiger partial charge >= 0.3 is 6.18 Å². The van der Waals surface area contributed by atoms with Gasteiger partial charge in [0.2, 0.25) is 0 Å². The number of amides is 2. The average molecular weight is 566 g/mol. The quantitative estimate of drug-likeness (QED) is 0.218. The molecule has 3 heterocycles. The second-order valence-corrected chi connectivity index (χ2v) is 10.0. The van der Waals surface area contributed by atoms with E-state index in [0.717, 1.165) is 17.2 Å². The van der Waals surface area contributed by atoms with Crippen molar-refractivity contribution in [1.29, 1.82) is 0 Å². The van der Waals surface area contributed by atoms with Gasteiger partial charge in [0.25, 0.3) is 11.8 Å². The molecule has 5 rings (SSSR count). The van der Waals surface area contributed by atoms with Crippen molar-refractivity contribution in [2.75, 3.05) is 5.32 Å². The Bertz CT molecular complexity index is 1740. The molecule has 0 aliphatic rings. The summed E-state index contributed by atoms with van der Waals surface area (Å²) >= 11 is 0.673. The third kappa shape index (κ3) is 5.41. The van der Waals surface area contributed by atoms with Gasteiger partial charge in [0.05, 0.1) is 5.69 Å². The van der Waals surface area contributed by atoms with Crippen LogP contribution < -0.4 is 15.8 Å². The molecule has 40 heavy (non-hydrogen) atoms. The molecule has 3 N–H and O–H groups in total. The lowest BCUT2D eigenvalue weighted by atomic mass is 10.00. The molecule has 3 aromatic heterocycles. The van der Waals surface area contributed by atoms with Crippen LogP contribution in [0.2, 0.25) is 0 Å². The van der Waals surface area contributed by atoms with Crippen LogP contribution in [0.25, 0.3) is 21.3 Å². The first kappa shape index (κ1) is 26.9. The smallest absolute Gasteiger partial charge is 0.433 e. The Hall–Kier alpha value is -4.64. The number of aryl methyl sites for hydroxylation is 2. The summed E-state index contributed by atoms with van der Waals surface area (Å²) in [6, 6.07) is 18.1. The number of carbonyl (C=O) groups excluding carboxylic acids is 2. The number of rotatable bonds is 7. The summed E-state index contributed by atoms with van der Waals surface area (Å²) in [4.78, 5) is 29.0. The molecule has 0 radical (unpaired) electrons. The molecule has 0 aliphatic heterocycles. The highest BCUT2D eigenvalue weighted by atomic mass is 32.1. The molecule has 7 nitrogen and oxygen atoms in total. The normalized spacial score (nSPS) is 11.5. The molecule has 0 aliphatic carbocycles. The number of para-hydroxylation sites is 1. The van der Waals surface area contributed by atoms with Gasteiger partial charge in [-0.2, -0.15) is 13.2 Å². The second-order valence-electron chi connectivity index (χ2n) is 9.04. The van der Waals surface area contributed by atoms with Gasteiger partial charge in [-0.1, -0.05) is 48.0 Å². The number of halogens is 3. The highest BCUT2D eigenvalue weighted by molar-refractivity contribution is 7.21. The standard InChI is InChI=1S/C29H22F3N3O4S/c1-15-7-9-17(10-8-15)19-13-22(29(30,31)32)34-28-23(19)24(25(40-28)26(33)36)35-27(37)21-12-11-18(39-21)14-38-20-6-4-3-5-16(20)2/h3-13H,14H2,1-2H3,(H2,33,36)(H,35,37). The number of anilines is 1. The van der Waals surface area contributed by atoms with E-state index in [-0.39, 0.29) is 38.7 Å². The lowest BCUT2D eigenvalue weighted by Gasteiger charge is -2.12. The maximum atomic E-state index is 13.7. The number of pyridine rings is 1. The van der Waals surface area contributed by atoms with E-state index in [1.54, 1.807) is 30.3 Å². The van der Waals surface area contributed by atoms with E-state index in [1.165, 1.54) is 6.07 Å². The minimum atomic E-state index is -4.74. The summed E-state index contributed by atoms with van der Waals surface area (Å²) in [6.07, 6.45) is -4.74. The van der Waals surface area contributed by atoms with Crippen molar-refractivity contribution in [2.24, 2.45) is 5.73 Å². The summed E-state index contributed by atoms with van der Waals surface area (Å²) < 4.78 is 52.6. The first-order chi connectivity index (χ1) is 19.0. The van der Waals surface area contributed by atoms with Crippen LogP contribution in [-0.2, 0) is 12.8 Å². The van der Waals surface area contributed by atoms with Crippen molar-refractivity contribution in [3.8, 4) is 16.9 Å². The Labute approximate surface area is 230 Å². The molecule has 2 aromatic carbocycles. The van der Waals surface area contributed by atoms with Crippen LogP contribution >= 0.6 is 11.3 Å². The van der Waals surface area contributed by atoms with Crippen LogP contribution in [0.15, 0.2) is 71.1 Å². The van der Waals surface area contributed by atoms with Crippen LogP contribution in [-0.4, -0.2) is 16.8 Å². The molecule has 0 atom stereocenters. The maximum absolute atomic E-state index is 13.7. The predicted octanol–water partition coefficient (Wildman–Crippen LogP) is 7.12. The molecule has 5 aromatic rings. The topological polar surface area (TPSA) is 107 Å². The van der Waals surface area contributed by atoms with E-state index >= 15 is 0 Å². The number of nitrogens with one attached hydrogen (secondary N) is 1. The number of thiophene rings is 1. The molecule has 2 amide bonds. The molecular weight excluding hydrogens is 543 g/mol. The summed E-state index contributed by atoms with van der Waals surface area (Å²) in [5.41, 5.74) is 6.82. The first-order valence-corrected chi connectivity index (χ1v) is 12.8. The highest BCUT2D eigenvalue weighted by Crippen LogP contribution is 2.43. The van der Waals surface area contributed by atoms with Gasteiger partial charge in [-0.3, -0.25) is 9.59 Å². The SMILES string of the molecule is Cc1ccc(-c2cc(C(F)(F)F)nc3sc(C(N)=O)c(NC(=O)c4ccc(COc5ccccc5C)o4)c23)cc1. The number of nitrogens with zero attached hydrogens (tertiary/aromatic N) is 1. The van der Waals surface area contributed by atoms with E-state index in [1.807, 2.05) is 38.1 Å². The molecule has 0 saturated carbocycles. The van der Waals surface area contributed by atoms with Crippen molar-refractivity contribution >= 4 is 39.1 Å². The Balaban J connectivity index is 1.53. The number of benzene rings is 2. The number of hydrogen-bond acceptors (Lipinski definition) is 6. The summed E-state index contributed by atoms with van der Waals surface area (Å²) in [5, 5.41) is 2.79. The van der Waals surface area contributed by atoms with Crippen LogP contribution in [0.4, 0.5) is 18.9 Å². The molecule has 11 heteroatoms. The molecule has 0 spiro atoms. The van der Waals surface area contributed by atoms with Crippen molar-refractivity contribution in [3.05, 3.63) is 99.9 Å². The monoisotopic (exact) mass is 565 g/mol. The zero-order valence-corrected chi connectivity index (χ0v) is 22.1. The minimum absolute atomic E-state index is 0.0385. The summed E-state index contributed by atoms with van der Waals surface area (Å²) in [6.45, 7) is 3.81. The number of alkyl halides is 3. The van der Waals surface area contributed by atoms with Crippen molar-refractivity contribution in [3.63, 3.8) is 0 Å². The van der Waals surface area contributed by atoms with Gasteiger partial charge in [0.1, 0.15) is 33.5 Å². The Kier molecular flexibility index (Phi) is 7.07. The van der Waals surface area contributed by atoms with E-state index in [9.17, 15) is 22.8 Å². The molecule has 0 saturated heterocycles. The number of nitrogens with two attached hydrogens (primary N) is 1. The van der Waals surface area contributed by atoms with E-state index < -0.39 is 23.7 Å².